The van der Waals surface area contributed by atoms with Crippen molar-refractivity contribution in [3.63, 3.8) is 0 Å². The van der Waals surface area contributed by atoms with Crippen LogP contribution in [0.25, 0.3) is 21.8 Å². The van der Waals surface area contributed by atoms with Crippen LogP contribution in [0, 0.1) is 0 Å². The first-order valence-corrected chi connectivity index (χ1v) is 12.0. The molecule has 1 aromatic heterocycles. The van der Waals surface area contributed by atoms with Crippen molar-refractivity contribution in [1.82, 2.24) is 4.57 Å². The van der Waals surface area contributed by atoms with Crippen LogP contribution >= 0.6 is 24.0 Å². The fraction of sp³-hybridized carbons (Fsp3) is 0.0370. The van der Waals surface area contributed by atoms with Gasteiger partial charge in [0, 0.05) is 27.0 Å². The molecule has 0 radical (unpaired) electrons. The van der Waals surface area contributed by atoms with Gasteiger partial charge in [-0.3, -0.25) is 9.36 Å². The van der Waals surface area contributed by atoms with E-state index in [2.05, 4.69) is 22.8 Å². The highest BCUT2D eigenvalue weighted by Gasteiger charge is 2.15. The van der Waals surface area contributed by atoms with Gasteiger partial charge in [-0.05, 0) is 60.7 Å². The molecular weight excluding hydrogens is 446 g/mol. The van der Waals surface area contributed by atoms with Gasteiger partial charge in [0.25, 0.3) is 0 Å². The van der Waals surface area contributed by atoms with Crippen molar-refractivity contribution in [3.8, 4) is 0 Å². The standard InChI is InChI=1S/C27H21N3OS2/c31-26(30-24-12-6-4-10-22(24)23-11-5-7-13-25(23)30)18-33-21-16-14-20(15-17-21)29-27(32)28-19-8-2-1-3-9-19/h1-17H,18H2,(H2,28,29,32). The third kappa shape index (κ3) is 4.62. The normalized spacial score (nSPS) is 10.9. The molecule has 4 aromatic carbocycles. The van der Waals surface area contributed by atoms with Crippen molar-refractivity contribution in [2.75, 3.05) is 16.4 Å². The van der Waals surface area contributed by atoms with E-state index in [0.29, 0.717) is 10.9 Å². The molecule has 4 nitrogen and oxygen atoms in total. The number of hydrogen-bond acceptors (Lipinski definition) is 3. The van der Waals surface area contributed by atoms with Crippen LogP contribution in [-0.4, -0.2) is 21.3 Å². The Kier molecular flexibility index (Phi) is 6.11. The van der Waals surface area contributed by atoms with E-state index >= 15 is 0 Å². The molecule has 6 heteroatoms. The second kappa shape index (κ2) is 9.48. The zero-order chi connectivity index (χ0) is 22.6. The fourth-order valence-electron chi connectivity index (χ4n) is 3.85. The van der Waals surface area contributed by atoms with Crippen molar-refractivity contribution in [1.29, 1.82) is 0 Å². The van der Waals surface area contributed by atoms with Crippen molar-refractivity contribution in [2.24, 2.45) is 0 Å². The van der Waals surface area contributed by atoms with E-state index in [-0.39, 0.29) is 5.91 Å². The summed E-state index contributed by atoms with van der Waals surface area (Å²) in [6.45, 7) is 0. The monoisotopic (exact) mass is 467 g/mol. The van der Waals surface area contributed by atoms with E-state index < -0.39 is 0 Å². The molecule has 0 aliphatic rings. The zero-order valence-corrected chi connectivity index (χ0v) is 19.3. The lowest BCUT2D eigenvalue weighted by atomic mass is 10.2. The Morgan fingerprint density at radius 3 is 1.82 bits per heavy atom. The number of hydrogen-bond donors (Lipinski definition) is 2. The Morgan fingerprint density at radius 1 is 0.697 bits per heavy atom. The van der Waals surface area contributed by atoms with Gasteiger partial charge < -0.3 is 10.6 Å². The summed E-state index contributed by atoms with van der Waals surface area (Å²) >= 11 is 6.91. The molecule has 5 aromatic rings. The number of fused-ring (bicyclic) bond motifs is 3. The second-order valence-corrected chi connectivity index (χ2v) is 8.98. The van der Waals surface area contributed by atoms with Crippen LogP contribution in [0.3, 0.4) is 0 Å². The quantitative estimate of drug-likeness (QED) is 0.214. The fourth-order valence-corrected chi connectivity index (χ4v) is 4.83. The molecule has 2 N–H and O–H groups in total. The highest BCUT2D eigenvalue weighted by molar-refractivity contribution is 8.00. The smallest absolute Gasteiger partial charge is 0.241 e. The number of anilines is 2. The molecule has 0 amide bonds. The van der Waals surface area contributed by atoms with Crippen LogP contribution < -0.4 is 10.6 Å². The number of para-hydroxylation sites is 3. The number of thiocarbonyl (C=S) groups is 1. The van der Waals surface area contributed by atoms with E-state index in [4.69, 9.17) is 12.2 Å². The molecule has 0 saturated heterocycles. The largest absolute Gasteiger partial charge is 0.332 e. The van der Waals surface area contributed by atoms with Gasteiger partial charge in [0.05, 0.1) is 16.8 Å². The topological polar surface area (TPSA) is 46.1 Å². The molecule has 5 rings (SSSR count). The van der Waals surface area contributed by atoms with Crippen molar-refractivity contribution >= 4 is 68.2 Å². The molecule has 1 heterocycles. The van der Waals surface area contributed by atoms with Crippen molar-refractivity contribution in [2.45, 2.75) is 4.90 Å². The number of nitrogens with zero attached hydrogens (tertiary/aromatic N) is 1. The van der Waals surface area contributed by atoms with Crippen LogP contribution in [0.1, 0.15) is 4.79 Å². The van der Waals surface area contributed by atoms with Crippen LogP contribution in [-0.2, 0) is 0 Å². The van der Waals surface area contributed by atoms with E-state index in [9.17, 15) is 4.79 Å². The summed E-state index contributed by atoms with van der Waals surface area (Å²) in [6, 6.07) is 33.8. The van der Waals surface area contributed by atoms with Crippen LogP contribution in [0.5, 0.6) is 0 Å². The molecule has 0 unspecified atom stereocenters. The lowest BCUT2D eigenvalue weighted by Gasteiger charge is -2.11. The van der Waals surface area contributed by atoms with Gasteiger partial charge in [0.2, 0.25) is 5.91 Å². The average molecular weight is 468 g/mol. The lowest BCUT2D eigenvalue weighted by Crippen LogP contribution is -2.18. The van der Waals surface area contributed by atoms with Gasteiger partial charge in [0.1, 0.15) is 0 Å². The first kappa shape index (κ1) is 21.2. The first-order valence-electron chi connectivity index (χ1n) is 10.6. The van der Waals surface area contributed by atoms with Crippen molar-refractivity contribution < 1.29 is 4.79 Å². The predicted octanol–water partition coefficient (Wildman–Crippen LogP) is 7.04. The summed E-state index contributed by atoms with van der Waals surface area (Å²) in [5.74, 6) is 0.413. The zero-order valence-electron chi connectivity index (χ0n) is 17.7. The third-order valence-electron chi connectivity index (χ3n) is 5.34. The Balaban J connectivity index is 1.25. The van der Waals surface area contributed by atoms with Gasteiger partial charge in [-0.2, -0.15) is 0 Å². The van der Waals surface area contributed by atoms with E-state index in [0.717, 1.165) is 38.1 Å². The molecule has 0 atom stereocenters. The molecule has 0 saturated carbocycles. The summed E-state index contributed by atoms with van der Waals surface area (Å²) in [5, 5.41) is 9.07. The van der Waals surface area contributed by atoms with Crippen molar-refractivity contribution in [3.05, 3.63) is 103 Å². The number of thioether (sulfide) groups is 1. The van der Waals surface area contributed by atoms with E-state index in [1.54, 1.807) is 0 Å². The highest BCUT2D eigenvalue weighted by Crippen LogP contribution is 2.29. The summed E-state index contributed by atoms with van der Waals surface area (Å²) in [5.41, 5.74) is 3.72. The number of aromatic nitrogens is 1. The Hall–Kier alpha value is -3.61. The van der Waals surface area contributed by atoms with Crippen LogP contribution in [0.4, 0.5) is 11.4 Å². The molecule has 33 heavy (non-hydrogen) atoms. The number of carbonyl (C=O) groups is 1. The maximum Gasteiger partial charge on any atom is 0.241 e. The third-order valence-corrected chi connectivity index (χ3v) is 6.54. The van der Waals surface area contributed by atoms with E-state index in [1.165, 1.54) is 11.8 Å². The molecule has 0 bridgehead atoms. The summed E-state index contributed by atoms with van der Waals surface area (Å²) in [7, 11) is 0. The maximum atomic E-state index is 13.2. The molecule has 0 fully saturated rings. The number of carbonyl (C=O) groups excluding carboxylic acids is 1. The SMILES string of the molecule is O=C(CSc1ccc(NC(=S)Nc2ccccc2)cc1)n1c2ccccc2c2ccccc21. The first-order chi connectivity index (χ1) is 16.2. The molecule has 162 valence electrons. The van der Waals surface area contributed by atoms with Gasteiger partial charge in [0.15, 0.2) is 5.11 Å². The van der Waals surface area contributed by atoms with Gasteiger partial charge in [-0.25, -0.2) is 0 Å². The minimum absolute atomic E-state index is 0.0628. The van der Waals surface area contributed by atoms with Crippen LogP contribution in [0.2, 0.25) is 0 Å². The Morgan fingerprint density at radius 2 is 1.21 bits per heavy atom. The van der Waals surface area contributed by atoms with Gasteiger partial charge in [-0.1, -0.05) is 54.6 Å². The van der Waals surface area contributed by atoms with Gasteiger partial charge >= 0.3 is 0 Å². The summed E-state index contributed by atoms with van der Waals surface area (Å²) < 4.78 is 1.83. The summed E-state index contributed by atoms with van der Waals surface area (Å²) in [6.07, 6.45) is 0. The number of rotatable bonds is 5. The Bertz CT molecular complexity index is 1390. The minimum atomic E-state index is 0.0628. The Labute approximate surface area is 201 Å². The minimum Gasteiger partial charge on any atom is -0.332 e. The maximum absolute atomic E-state index is 13.2. The van der Waals surface area contributed by atoms with E-state index in [1.807, 2.05) is 95.6 Å². The second-order valence-electron chi connectivity index (χ2n) is 7.52. The molecule has 0 spiro atoms. The predicted molar refractivity (Wildman–Crippen MR) is 144 cm³/mol. The van der Waals surface area contributed by atoms with Crippen LogP contribution in [0.15, 0.2) is 108 Å². The van der Waals surface area contributed by atoms with Gasteiger partial charge in [-0.15, -0.1) is 11.8 Å². The number of benzene rings is 4. The summed E-state index contributed by atoms with van der Waals surface area (Å²) in [4.78, 5) is 14.2. The molecule has 0 aliphatic heterocycles. The lowest BCUT2D eigenvalue weighted by molar-refractivity contribution is 0.0951. The highest BCUT2D eigenvalue weighted by atomic mass is 32.2. The molecular formula is C27H21N3OS2. The molecule has 0 aliphatic carbocycles. The average Bonchev–Trinajstić information content (AvgIpc) is 3.19. The number of nitrogens with one attached hydrogen (secondary N) is 2.